The first-order chi connectivity index (χ1) is 12.7. The number of aromatic nitrogens is 2. The van der Waals surface area contributed by atoms with E-state index in [-0.39, 0.29) is 5.54 Å². The summed E-state index contributed by atoms with van der Waals surface area (Å²) in [6.07, 6.45) is 10.7. The summed E-state index contributed by atoms with van der Waals surface area (Å²) in [6, 6.07) is 0. The van der Waals surface area contributed by atoms with Gasteiger partial charge in [0, 0.05) is 18.6 Å². The predicted molar refractivity (Wildman–Crippen MR) is 103 cm³/mol. The number of hydrogen-bond acceptors (Lipinski definition) is 5. The molecule has 1 saturated heterocycles. The quantitative estimate of drug-likeness (QED) is 0.598. The molecule has 1 aliphatic carbocycles. The molecule has 0 amide bonds. The van der Waals surface area contributed by atoms with Gasteiger partial charge >= 0.3 is 0 Å². The largest absolute Gasteiger partial charge is 0.357 e. The van der Waals surface area contributed by atoms with Crippen LogP contribution in [0, 0.1) is 6.92 Å². The molecule has 0 spiro atoms. The lowest BCUT2D eigenvalue weighted by atomic mass is 9.79. The van der Waals surface area contributed by atoms with Crippen LogP contribution in [0.1, 0.15) is 70.0 Å². The Morgan fingerprint density at radius 2 is 1.85 bits per heavy atom. The number of aliphatic imine (C=N–C) groups is 1. The standard InChI is InChI=1S/C19H34N6O/c1-3-20-18(21-14-17-23-16(2)24-26-17)22-15-19(10-6-4-7-11-19)25-12-8-5-9-13-25/h3-15H2,1-2H3,(H2,20,21,22). The van der Waals surface area contributed by atoms with Gasteiger partial charge in [-0.25, -0.2) is 4.99 Å². The third-order valence-electron chi connectivity index (χ3n) is 5.68. The van der Waals surface area contributed by atoms with Crippen molar-refractivity contribution in [3.63, 3.8) is 0 Å². The Morgan fingerprint density at radius 3 is 2.50 bits per heavy atom. The first kappa shape index (κ1) is 19.1. The molecule has 2 fully saturated rings. The molecule has 1 saturated carbocycles. The fraction of sp³-hybridized carbons (Fsp3) is 0.842. The van der Waals surface area contributed by atoms with Crippen LogP contribution in [0.4, 0.5) is 0 Å². The maximum Gasteiger partial charge on any atom is 0.248 e. The zero-order chi connectivity index (χ0) is 18.2. The molecule has 7 heteroatoms. The molecule has 2 aliphatic rings. The van der Waals surface area contributed by atoms with Crippen molar-refractivity contribution < 1.29 is 4.52 Å². The highest BCUT2D eigenvalue weighted by molar-refractivity contribution is 5.79. The predicted octanol–water partition coefficient (Wildman–Crippen LogP) is 2.62. The number of aryl methyl sites for hydroxylation is 1. The minimum atomic E-state index is 0.288. The van der Waals surface area contributed by atoms with Crippen LogP contribution in [0.25, 0.3) is 0 Å². The molecule has 1 aliphatic heterocycles. The highest BCUT2D eigenvalue weighted by Crippen LogP contribution is 2.35. The third kappa shape index (κ3) is 4.96. The molecule has 1 aromatic heterocycles. The summed E-state index contributed by atoms with van der Waals surface area (Å²) in [5.74, 6) is 2.05. The lowest BCUT2D eigenvalue weighted by Crippen LogP contribution is -2.59. The maximum atomic E-state index is 5.17. The first-order valence-electron chi connectivity index (χ1n) is 10.3. The minimum absolute atomic E-state index is 0.288. The molecule has 0 bridgehead atoms. The second-order valence-electron chi connectivity index (χ2n) is 7.62. The number of guanidine groups is 1. The summed E-state index contributed by atoms with van der Waals surface area (Å²) in [6.45, 7) is 8.62. The van der Waals surface area contributed by atoms with E-state index >= 15 is 0 Å². The number of hydrogen-bond donors (Lipinski definition) is 2. The van der Waals surface area contributed by atoms with Crippen LogP contribution in [0.15, 0.2) is 9.52 Å². The lowest BCUT2D eigenvalue weighted by Gasteiger charge is -2.48. The molecular formula is C19H34N6O. The van der Waals surface area contributed by atoms with Gasteiger partial charge in [-0.05, 0) is 52.6 Å². The van der Waals surface area contributed by atoms with Crippen molar-refractivity contribution in [2.24, 2.45) is 4.99 Å². The normalized spacial score (nSPS) is 21.5. The number of piperidine rings is 1. The van der Waals surface area contributed by atoms with Crippen molar-refractivity contribution in [3.05, 3.63) is 11.7 Å². The second-order valence-corrected chi connectivity index (χ2v) is 7.62. The molecule has 0 atom stereocenters. The fourth-order valence-electron chi connectivity index (χ4n) is 4.32. The van der Waals surface area contributed by atoms with Gasteiger partial charge in [0.15, 0.2) is 11.8 Å². The van der Waals surface area contributed by atoms with Crippen LogP contribution >= 0.6 is 0 Å². The molecule has 26 heavy (non-hydrogen) atoms. The van der Waals surface area contributed by atoms with Gasteiger partial charge < -0.3 is 15.2 Å². The molecule has 1 aromatic rings. The van der Waals surface area contributed by atoms with Crippen molar-refractivity contribution in [3.8, 4) is 0 Å². The second kappa shape index (κ2) is 9.35. The molecular weight excluding hydrogens is 328 g/mol. The SMILES string of the molecule is CCNC(=NCc1nc(C)no1)NCC1(N2CCCCC2)CCCCC1. The molecule has 146 valence electrons. The van der Waals surface area contributed by atoms with Gasteiger partial charge in [-0.1, -0.05) is 30.8 Å². The molecule has 2 N–H and O–H groups in total. The monoisotopic (exact) mass is 362 g/mol. The smallest absolute Gasteiger partial charge is 0.248 e. The highest BCUT2D eigenvalue weighted by Gasteiger charge is 2.38. The van der Waals surface area contributed by atoms with Crippen LogP contribution in [-0.4, -0.2) is 52.7 Å². The zero-order valence-corrected chi connectivity index (χ0v) is 16.4. The minimum Gasteiger partial charge on any atom is -0.357 e. The number of nitrogens with one attached hydrogen (secondary N) is 2. The van der Waals surface area contributed by atoms with Gasteiger partial charge in [-0.15, -0.1) is 0 Å². The van der Waals surface area contributed by atoms with E-state index in [0.717, 1.165) is 19.0 Å². The van der Waals surface area contributed by atoms with E-state index in [1.807, 2.05) is 6.92 Å². The van der Waals surface area contributed by atoms with E-state index in [9.17, 15) is 0 Å². The summed E-state index contributed by atoms with van der Waals surface area (Å²) < 4.78 is 5.17. The van der Waals surface area contributed by atoms with Crippen molar-refractivity contribution >= 4 is 5.96 Å². The van der Waals surface area contributed by atoms with E-state index in [4.69, 9.17) is 4.52 Å². The van der Waals surface area contributed by atoms with Crippen LogP contribution in [0.2, 0.25) is 0 Å². The van der Waals surface area contributed by atoms with Crippen LogP contribution in [-0.2, 0) is 6.54 Å². The van der Waals surface area contributed by atoms with Crippen molar-refractivity contribution in [1.82, 2.24) is 25.7 Å². The molecule has 0 radical (unpaired) electrons. The average molecular weight is 363 g/mol. The molecule has 0 unspecified atom stereocenters. The topological polar surface area (TPSA) is 78.6 Å². The summed E-state index contributed by atoms with van der Waals surface area (Å²) in [7, 11) is 0. The van der Waals surface area contributed by atoms with E-state index < -0.39 is 0 Å². The van der Waals surface area contributed by atoms with E-state index in [1.165, 1.54) is 64.5 Å². The van der Waals surface area contributed by atoms with Gasteiger partial charge in [0.2, 0.25) is 5.89 Å². The van der Waals surface area contributed by atoms with E-state index in [0.29, 0.717) is 18.3 Å². The van der Waals surface area contributed by atoms with Gasteiger partial charge in [0.1, 0.15) is 6.54 Å². The lowest BCUT2D eigenvalue weighted by molar-refractivity contribution is 0.0368. The van der Waals surface area contributed by atoms with E-state index in [1.54, 1.807) is 0 Å². The molecule has 7 nitrogen and oxygen atoms in total. The van der Waals surface area contributed by atoms with Crippen LogP contribution < -0.4 is 10.6 Å². The Bertz CT molecular complexity index is 572. The Kier molecular flexibility index (Phi) is 6.88. The maximum absolute atomic E-state index is 5.17. The Morgan fingerprint density at radius 1 is 1.12 bits per heavy atom. The first-order valence-corrected chi connectivity index (χ1v) is 10.3. The van der Waals surface area contributed by atoms with Crippen LogP contribution in [0.3, 0.4) is 0 Å². The Hall–Kier alpha value is -1.63. The van der Waals surface area contributed by atoms with Gasteiger partial charge in [-0.2, -0.15) is 4.98 Å². The Balaban J connectivity index is 1.64. The highest BCUT2D eigenvalue weighted by atomic mass is 16.5. The van der Waals surface area contributed by atoms with Crippen molar-refractivity contribution in [2.45, 2.75) is 77.3 Å². The Labute approximate surface area is 157 Å². The fourth-order valence-corrected chi connectivity index (χ4v) is 4.32. The van der Waals surface area contributed by atoms with Gasteiger partial charge in [0.05, 0.1) is 0 Å². The summed E-state index contributed by atoms with van der Waals surface area (Å²) in [4.78, 5) is 11.6. The van der Waals surface area contributed by atoms with E-state index in [2.05, 4.69) is 37.6 Å². The third-order valence-corrected chi connectivity index (χ3v) is 5.68. The van der Waals surface area contributed by atoms with Gasteiger partial charge in [0.25, 0.3) is 0 Å². The summed E-state index contributed by atoms with van der Waals surface area (Å²) >= 11 is 0. The zero-order valence-electron chi connectivity index (χ0n) is 16.4. The number of nitrogens with zero attached hydrogens (tertiary/aromatic N) is 4. The summed E-state index contributed by atoms with van der Waals surface area (Å²) in [5.41, 5.74) is 0.288. The van der Waals surface area contributed by atoms with Crippen molar-refractivity contribution in [2.75, 3.05) is 26.2 Å². The summed E-state index contributed by atoms with van der Waals surface area (Å²) in [5, 5.41) is 10.8. The molecule has 0 aromatic carbocycles. The number of likely N-dealkylation sites (tertiary alicyclic amines) is 1. The molecule has 3 rings (SSSR count). The number of rotatable bonds is 6. The van der Waals surface area contributed by atoms with Gasteiger partial charge in [-0.3, -0.25) is 4.90 Å². The van der Waals surface area contributed by atoms with Crippen LogP contribution in [0.5, 0.6) is 0 Å². The molecule has 2 heterocycles. The van der Waals surface area contributed by atoms with Crippen molar-refractivity contribution in [1.29, 1.82) is 0 Å². The average Bonchev–Trinajstić information content (AvgIpc) is 3.11.